The van der Waals surface area contributed by atoms with Crippen LogP contribution in [-0.2, 0) is 0 Å². The third-order valence-electron chi connectivity index (χ3n) is 3.40. The van der Waals surface area contributed by atoms with Gasteiger partial charge in [0.1, 0.15) is 0 Å². The number of nitro benzene ring substituents is 1. The van der Waals surface area contributed by atoms with Gasteiger partial charge in [-0.25, -0.2) is 0 Å². The molecule has 0 saturated carbocycles. The fraction of sp³-hybridized carbons (Fsp3) is 0.538. The van der Waals surface area contributed by atoms with E-state index in [1.807, 2.05) is 19.9 Å². The maximum Gasteiger partial charge on any atom is 0.271 e. The third kappa shape index (κ3) is 3.20. The van der Waals surface area contributed by atoms with E-state index in [1.54, 1.807) is 12.1 Å². The molecule has 1 rings (SSSR count). The second kappa shape index (κ2) is 5.35. The molecule has 18 heavy (non-hydrogen) atoms. The zero-order chi connectivity index (χ0) is 13.9. The Balaban J connectivity index is 3.07. The highest BCUT2D eigenvalue weighted by molar-refractivity contribution is 5.55. The molecule has 0 aliphatic heterocycles. The van der Waals surface area contributed by atoms with Crippen LogP contribution < -0.4 is 11.1 Å². The Morgan fingerprint density at radius 1 is 1.44 bits per heavy atom. The summed E-state index contributed by atoms with van der Waals surface area (Å²) in [5.74, 6) is 0.321. The van der Waals surface area contributed by atoms with Crippen LogP contribution >= 0.6 is 0 Å². The van der Waals surface area contributed by atoms with Crippen molar-refractivity contribution in [1.82, 2.24) is 0 Å². The zero-order valence-corrected chi connectivity index (χ0v) is 11.4. The van der Waals surface area contributed by atoms with Crippen molar-refractivity contribution >= 4 is 11.4 Å². The quantitative estimate of drug-likeness (QED) is 0.622. The predicted octanol–water partition coefficient (Wildman–Crippen LogP) is 2.69. The lowest BCUT2D eigenvalue weighted by atomic mass is 9.88. The standard InChI is InChI=1S/C13H21N3O2/c1-9(2)13(4,8-14)15-11-5-10(3)6-12(7-11)16(17)18/h5-7,9,15H,8,14H2,1-4H3. The van der Waals surface area contributed by atoms with Gasteiger partial charge < -0.3 is 11.1 Å². The molecule has 5 heteroatoms. The minimum atomic E-state index is -0.382. The first-order chi connectivity index (χ1) is 8.28. The van der Waals surface area contributed by atoms with Gasteiger partial charge in [-0.1, -0.05) is 13.8 Å². The van der Waals surface area contributed by atoms with Crippen LogP contribution in [0.25, 0.3) is 0 Å². The van der Waals surface area contributed by atoms with Crippen LogP contribution in [0.5, 0.6) is 0 Å². The van der Waals surface area contributed by atoms with Crippen LogP contribution in [-0.4, -0.2) is 17.0 Å². The smallest absolute Gasteiger partial charge is 0.271 e. The SMILES string of the molecule is Cc1cc(NC(C)(CN)C(C)C)cc([N+](=O)[O-])c1. The number of hydrogen-bond acceptors (Lipinski definition) is 4. The Morgan fingerprint density at radius 3 is 2.50 bits per heavy atom. The van der Waals surface area contributed by atoms with Crippen molar-refractivity contribution < 1.29 is 4.92 Å². The molecule has 0 bridgehead atoms. The number of hydrogen-bond donors (Lipinski definition) is 2. The van der Waals surface area contributed by atoms with E-state index in [9.17, 15) is 10.1 Å². The van der Waals surface area contributed by atoms with Crippen molar-refractivity contribution in [3.8, 4) is 0 Å². The lowest BCUT2D eigenvalue weighted by molar-refractivity contribution is -0.384. The molecule has 0 amide bonds. The van der Waals surface area contributed by atoms with Gasteiger partial charge in [-0.3, -0.25) is 10.1 Å². The molecule has 0 radical (unpaired) electrons. The summed E-state index contributed by atoms with van der Waals surface area (Å²) in [7, 11) is 0. The van der Waals surface area contributed by atoms with E-state index in [4.69, 9.17) is 5.73 Å². The topological polar surface area (TPSA) is 81.2 Å². The van der Waals surface area contributed by atoms with Gasteiger partial charge >= 0.3 is 0 Å². The second-order valence-electron chi connectivity index (χ2n) is 5.22. The summed E-state index contributed by atoms with van der Waals surface area (Å²) < 4.78 is 0. The number of nitrogens with zero attached hydrogens (tertiary/aromatic N) is 1. The zero-order valence-electron chi connectivity index (χ0n) is 11.4. The van der Waals surface area contributed by atoms with Crippen LogP contribution in [0.1, 0.15) is 26.3 Å². The molecule has 0 aromatic heterocycles. The monoisotopic (exact) mass is 251 g/mol. The van der Waals surface area contributed by atoms with Crippen molar-refractivity contribution in [2.45, 2.75) is 33.2 Å². The van der Waals surface area contributed by atoms with Gasteiger partial charge in [0.05, 0.1) is 4.92 Å². The van der Waals surface area contributed by atoms with Gasteiger partial charge in [0.25, 0.3) is 5.69 Å². The molecular formula is C13H21N3O2. The van der Waals surface area contributed by atoms with Gasteiger partial charge in [0, 0.05) is 29.9 Å². The Labute approximate surface area is 108 Å². The molecule has 0 fully saturated rings. The summed E-state index contributed by atoms with van der Waals surface area (Å²) in [5, 5.41) is 14.1. The number of nitrogens with one attached hydrogen (secondary N) is 1. The highest BCUT2D eigenvalue weighted by Gasteiger charge is 2.26. The summed E-state index contributed by atoms with van der Waals surface area (Å²) >= 11 is 0. The Kier molecular flexibility index (Phi) is 4.29. The van der Waals surface area contributed by atoms with Gasteiger partial charge in [-0.05, 0) is 31.4 Å². The first-order valence-corrected chi connectivity index (χ1v) is 6.03. The molecule has 0 saturated heterocycles. The van der Waals surface area contributed by atoms with Crippen molar-refractivity contribution in [3.05, 3.63) is 33.9 Å². The minimum absolute atomic E-state index is 0.0978. The lowest BCUT2D eigenvalue weighted by Gasteiger charge is -2.34. The summed E-state index contributed by atoms with van der Waals surface area (Å²) in [6.07, 6.45) is 0. The molecule has 100 valence electrons. The van der Waals surface area contributed by atoms with E-state index in [0.29, 0.717) is 12.5 Å². The summed E-state index contributed by atoms with van der Waals surface area (Å²) in [6, 6.07) is 4.99. The maximum atomic E-state index is 10.8. The average Bonchev–Trinajstić information content (AvgIpc) is 2.27. The van der Waals surface area contributed by atoms with Gasteiger partial charge in [0.15, 0.2) is 0 Å². The minimum Gasteiger partial charge on any atom is -0.378 e. The highest BCUT2D eigenvalue weighted by Crippen LogP contribution is 2.26. The van der Waals surface area contributed by atoms with E-state index in [0.717, 1.165) is 11.3 Å². The van der Waals surface area contributed by atoms with E-state index in [1.165, 1.54) is 0 Å². The Morgan fingerprint density at radius 2 is 2.06 bits per heavy atom. The van der Waals surface area contributed by atoms with Gasteiger partial charge in [-0.2, -0.15) is 0 Å². The highest BCUT2D eigenvalue weighted by atomic mass is 16.6. The largest absolute Gasteiger partial charge is 0.378 e. The number of rotatable bonds is 5. The van der Waals surface area contributed by atoms with E-state index in [2.05, 4.69) is 19.2 Å². The van der Waals surface area contributed by atoms with Crippen molar-refractivity contribution in [3.63, 3.8) is 0 Å². The molecule has 5 nitrogen and oxygen atoms in total. The number of non-ortho nitro benzene ring substituents is 1. The van der Waals surface area contributed by atoms with Crippen LogP contribution in [0.2, 0.25) is 0 Å². The normalized spacial score (nSPS) is 14.3. The first-order valence-electron chi connectivity index (χ1n) is 6.03. The van der Waals surface area contributed by atoms with Crippen LogP contribution in [0, 0.1) is 23.0 Å². The number of nitro groups is 1. The number of aryl methyl sites for hydroxylation is 1. The average molecular weight is 251 g/mol. The van der Waals surface area contributed by atoms with Crippen LogP contribution in [0.4, 0.5) is 11.4 Å². The summed E-state index contributed by atoms with van der Waals surface area (Å²) in [5.41, 5.74) is 7.21. The molecule has 1 aromatic rings. The van der Waals surface area contributed by atoms with Crippen molar-refractivity contribution in [2.24, 2.45) is 11.7 Å². The summed E-state index contributed by atoms with van der Waals surface area (Å²) in [4.78, 5) is 10.4. The predicted molar refractivity (Wildman–Crippen MR) is 73.8 cm³/mol. The Hall–Kier alpha value is -1.62. The molecule has 0 heterocycles. The fourth-order valence-corrected chi connectivity index (χ4v) is 1.70. The van der Waals surface area contributed by atoms with Crippen LogP contribution in [0.3, 0.4) is 0 Å². The Bertz CT molecular complexity index is 446. The maximum absolute atomic E-state index is 10.8. The molecule has 1 unspecified atom stereocenters. The summed E-state index contributed by atoms with van der Waals surface area (Å²) in [6.45, 7) is 8.47. The molecule has 1 aromatic carbocycles. The number of anilines is 1. The van der Waals surface area contributed by atoms with E-state index >= 15 is 0 Å². The van der Waals surface area contributed by atoms with Crippen molar-refractivity contribution in [2.75, 3.05) is 11.9 Å². The second-order valence-corrected chi connectivity index (χ2v) is 5.22. The third-order valence-corrected chi connectivity index (χ3v) is 3.40. The number of benzene rings is 1. The van der Waals surface area contributed by atoms with Gasteiger partial charge in [-0.15, -0.1) is 0 Å². The molecule has 1 atom stereocenters. The fourth-order valence-electron chi connectivity index (χ4n) is 1.70. The first kappa shape index (κ1) is 14.4. The lowest BCUT2D eigenvalue weighted by Crippen LogP contribution is -2.47. The van der Waals surface area contributed by atoms with Gasteiger partial charge in [0.2, 0.25) is 0 Å². The van der Waals surface area contributed by atoms with Crippen molar-refractivity contribution in [1.29, 1.82) is 0 Å². The molecular weight excluding hydrogens is 230 g/mol. The number of nitrogens with two attached hydrogens (primary N) is 1. The molecule has 0 aliphatic rings. The van der Waals surface area contributed by atoms with E-state index in [-0.39, 0.29) is 16.1 Å². The van der Waals surface area contributed by atoms with E-state index < -0.39 is 0 Å². The molecule has 3 N–H and O–H groups in total. The molecule has 0 aliphatic carbocycles. The molecule has 0 spiro atoms. The van der Waals surface area contributed by atoms with Crippen LogP contribution in [0.15, 0.2) is 18.2 Å².